The molecule has 0 radical (unpaired) electrons. The van der Waals surface area contributed by atoms with Crippen LogP contribution in [0.3, 0.4) is 0 Å². The predicted molar refractivity (Wildman–Crippen MR) is 107 cm³/mol. The highest BCUT2D eigenvalue weighted by atomic mass is 16.1. The standard InChI is InChI=1S/C22H22N4O/c1-13-2-3-15(21(27)24-17-5-6-17)11-19(13)14-4-9-20-16(10-14)12-23-22(26-20)25-18-7-8-18/h2-4,9-12,17-18H,5-8H2,1H3,(H,24,27)(H,23,25,26). The summed E-state index contributed by atoms with van der Waals surface area (Å²) in [5.74, 6) is 0.714. The summed E-state index contributed by atoms with van der Waals surface area (Å²) in [5, 5.41) is 7.40. The molecule has 1 heterocycles. The lowest BCUT2D eigenvalue weighted by Gasteiger charge is -2.11. The number of carbonyl (C=O) groups is 1. The minimum Gasteiger partial charge on any atom is -0.351 e. The van der Waals surface area contributed by atoms with E-state index in [0.29, 0.717) is 23.6 Å². The fourth-order valence-electron chi connectivity index (χ4n) is 3.25. The lowest BCUT2D eigenvalue weighted by molar-refractivity contribution is 0.0951. The van der Waals surface area contributed by atoms with Crippen molar-refractivity contribution in [2.75, 3.05) is 5.32 Å². The first-order chi connectivity index (χ1) is 13.2. The van der Waals surface area contributed by atoms with Crippen LogP contribution in [0.1, 0.15) is 41.6 Å². The number of nitrogens with zero attached hydrogens (tertiary/aromatic N) is 2. The molecule has 0 atom stereocenters. The first-order valence-corrected chi connectivity index (χ1v) is 9.61. The van der Waals surface area contributed by atoms with Crippen molar-refractivity contribution in [3.63, 3.8) is 0 Å². The second-order valence-electron chi connectivity index (χ2n) is 7.66. The van der Waals surface area contributed by atoms with Gasteiger partial charge in [-0.15, -0.1) is 0 Å². The van der Waals surface area contributed by atoms with Gasteiger partial charge in [0.1, 0.15) is 0 Å². The van der Waals surface area contributed by atoms with Gasteiger partial charge in [0.05, 0.1) is 5.52 Å². The van der Waals surface area contributed by atoms with Crippen LogP contribution >= 0.6 is 0 Å². The van der Waals surface area contributed by atoms with Gasteiger partial charge < -0.3 is 10.6 Å². The minimum atomic E-state index is 0.0127. The Morgan fingerprint density at radius 3 is 2.63 bits per heavy atom. The lowest BCUT2D eigenvalue weighted by atomic mass is 9.97. The Morgan fingerprint density at radius 2 is 1.85 bits per heavy atom. The second kappa shape index (κ2) is 6.34. The molecule has 2 aliphatic carbocycles. The van der Waals surface area contributed by atoms with Crippen LogP contribution in [0.2, 0.25) is 0 Å². The van der Waals surface area contributed by atoms with Crippen LogP contribution in [0.25, 0.3) is 22.0 Å². The molecule has 5 nitrogen and oxygen atoms in total. The highest BCUT2D eigenvalue weighted by Gasteiger charge is 2.24. The highest BCUT2D eigenvalue weighted by Crippen LogP contribution is 2.29. The van der Waals surface area contributed by atoms with Crippen molar-refractivity contribution >= 4 is 22.8 Å². The molecule has 2 aliphatic rings. The third-order valence-corrected chi connectivity index (χ3v) is 5.21. The van der Waals surface area contributed by atoms with Gasteiger partial charge in [0.15, 0.2) is 0 Å². The first kappa shape index (κ1) is 16.2. The molecule has 2 aromatic carbocycles. The van der Waals surface area contributed by atoms with Crippen LogP contribution in [0.4, 0.5) is 5.95 Å². The molecular formula is C22H22N4O. The van der Waals surface area contributed by atoms with Crippen molar-refractivity contribution in [3.05, 3.63) is 53.7 Å². The lowest BCUT2D eigenvalue weighted by Crippen LogP contribution is -2.25. The number of aromatic nitrogens is 2. The average Bonchev–Trinajstić information content (AvgIpc) is 3.59. The van der Waals surface area contributed by atoms with Gasteiger partial charge in [0, 0.05) is 29.2 Å². The van der Waals surface area contributed by atoms with Crippen molar-refractivity contribution in [1.29, 1.82) is 0 Å². The predicted octanol–water partition coefficient (Wildman–Crippen LogP) is 4.07. The van der Waals surface area contributed by atoms with E-state index in [9.17, 15) is 4.79 Å². The molecule has 0 spiro atoms. The van der Waals surface area contributed by atoms with Crippen LogP contribution in [0.15, 0.2) is 42.6 Å². The Hall–Kier alpha value is -2.95. The van der Waals surface area contributed by atoms with E-state index in [0.717, 1.165) is 40.4 Å². The van der Waals surface area contributed by atoms with Crippen molar-refractivity contribution < 1.29 is 4.79 Å². The Labute approximate surface area is 158 Å². The van der Waals surface area contributed by atoms with Gasteiger partial charge >= 0.3 is 0 Å². The molecule has 27 heavy (non-hydrogen) atoms. The van der Waals surface area contributed by atoms with Gasteiger partial charge in [0.25, 0.3) is 5.91 Å². The first-order valence-electron chi connectivity index (χ1n) is 9.61. The van der Waals surface area contributed by atoms with E-state index < -0.39 is 0 Å². The molecule has 0 bridgehead atoms. The van der Waals surface area contributed by atoms with Crippen molar-refractivity contribution in [3.8, 4) is 11.1 Å². The number of anilines is 1. The van der Waals surface area contributed by atoms with E-state index in [-0.39, 0.29) is 5.91 Å². The molecule has 136 valence electrons. The Bertz CT molecular complexity index is 1040. The van der Waals surface area contributed by atoms with Crippen LogP contribution < -0.4 is 10.6 Å². The minimum absolute atomic E-state index is 0.0127. The third-order valence-electron chi connectivity index (χ3n) is 5.21. The normalized spacial score (nSPS) is 16.3. The van der Waals surface area contributed by atoms with Gasteiger partial charge in [-0.1, -0.05) is 12.1 Å². The maximum Gasteiger partial charge on any atom is 0.251 e. The summed E-state index contributed by atoms with van der Waals surface area (Å²) in [6.07, 6.45) is 6.45. The van der Waals surface area contributed by atoms with Crippen LogP contribution in [-0.2, 0) is 0 Å². The summed E-state index contributed by atoms with van der Waals surface area (Å²) >= 11 is 0. The summed E-state index contributed by atoms with van der Waals surface area (Å²) in [7, 11) is 0. The van der Waals surface area contributed by atoms with E-state index in [4.69, 9.17) is 0 Å². The summed E-state index contributed by atoms with van der Waals surface area (Å²) in [4.78, 5) is 21.4. The zero-order valence-electron chi connectivity index (χ0n) is 15.3. The Morgan fingerprint density at radius 1 is 1.04 bits per heavy atom. The largest absolute Gasteiger partial charge is 0.351 e. The molecule has 0 unspecified atom stereocenters. The van der Waals surface area contributed by atoms with Gasteiger partial charge in [-0.3, -0.25) is 4.79 Å². The fraction of sp³-hybridized carbons (Fsp3) is 0.318. The number of hydrogen-bond donors (Lipinski definition) is 2. The summed E-state index contributed by atoms with van der Waals surface area (Å²) in [6, 6.07) is 13.0. The quantitative estimate of drug-likeness (QED) is 0.721. The smallest absolute Gasteiger partial charge is 0.251 e. The van der Waals surface area contributed by atoms with E-state index in [1.807, 2.05) is 30.5 Å². The van der Waals surface area contributed by atoms with Crippen molar-refractivity contribution in [1.82, 2.24) is 15.3 Å². The van der Waals surface area contributed by atoms with Gasteiger partial charge in [-0.2, -0.15) is 0 Å². The van der Waals surface area contributed by atoms with Gasteiger partial charge in [-0.25, -0.2) is 9.97 Å². The molecule has 5 heteroatoms. The molecule has 2 N–H and O–H groups in total. The third kappa shape index (κ3) is 3.50. The number of hydrogen-bond acceptors (Lipinski definition) is 4. The molecule has 2 fully saturated rings. The Balaban J connectivity index is 1.47. The maximum absolute atomic E-state index is 12.4. The summed E-state index contributed by atoms with van der Waals surface area (Å²) < 4.78 is 0. The number of amides is 1. The monoisotopic (exact) mass is 358 g/mol. The molecule has 1 amide bonds. The number of benzene rings is 2. The number of nitrogens with one attached hydrogen (secondary N) is 2. The number of carbonyl (C=O) groups excluding carboxylic acids is 1. The fourth-order valence-corrected chi connectivity index (χ4v) is 3.25. The number of rotatable bonds is 5. The zero-order valence-corrected chi connectivity index (χ0v) is 15.3. The van der Waals surface area contributed by atoms with Crippen molar-refractivity contribution in [2.24, 2.45) is 0 Å². The summed E-state index contributed by atoms with van der Waals surface area (Å²) in [6.45, 7) is 2.07. The van der Waals surface area contributed by atoms with E-state index >= 15 is 0 Å². The summed E-state index contributed by atoms with van der Waals surface area (Å²) in [5.41, 5.74) is 4.93. The zero-order chi connectivity index (χ0) is 18.4. The molecule has 5 rings (SSSR count). The number of fused-ring (bicyclic) bond motifs is 1. The van der Waals surface area contributed by atoms with Crippen molar-refractivity contribution in [2.45, 2.75) is 44.7 Å². The van der Waals surface area contributed by atoms with Gasteiger partial charge in [-0.05, 0) is 73.6 Å². The molecule has 0 saturated heterocycles. The molecular weight excluding hydrogens is 336 g/mol. The topological polar surface area (TPSA) is 66.9 Å². The van der Waals surface area contributed by atoms with Crippen LogP contribution in [-0.4, -0.2) is 28.0 Å². The maximum atomic E-state index is 12.4. The van der Waals surface area contributed by atoms with E-state index in [1.165, 1.54) is 12.8 Å². The highest BCUT2D eigenvalue weighted by molar-refractivity contribution is 5.96. The number of aryl methyl sites for hydroxylation is 1. The van der Waals surface area contributed by atoms with E-state index in [2.05, 4.69) is 39.7 Å². The van der Waals surface area contributed by atoms with Gasteiger partial charge in [0.2, 0.25) is 5.95 Å². The average molecular weight is 358 g/mol. The molecule has 0 aliphatic heterocycles. The van der Waals surface area contributed by atoms with Crippen LogP contribution in [0, 0.1) is 6.92 Å². The molecule has 3 aromatic rings. The molecule has 1 aromatic heterocycles. The molecule has 2 saturated carbocycles. The Kier molecular flexibility index (Phi) is 3.81. The SMILES string of the molecule is Cc1ccc(C(=O)NC2CC2)cc1-c1ccc2nc(NC3CC3)ncc2c1. The van der Waals surface area contributed by atoms with E-state index in [1.54, 1.807) is 0 Å². The second-order valence-corrected chi connectivity index (χ2v) is 7.66. The van der Waals surface area contributed by atoms with Crippen LogP contribution in [0.5, 0.6) is 0 Å².